The monoisotopic (exact) mass is 171 g/mol. The Kier molecular flexibility index (Phi) is 5.94. The van der Waals surface area contributed by atoms with E-state index in [0.717, 1.165) is 10.6 Å². The van der Waals surface area contributed by atoms with Crippen molar-refractivity contribution in [3.63, 3.8) is 0 Å². The van der Waals surface area contributed by atoms with E-state index < -0.39 is 0 Å². The van der Waals surface area contributed by atoms with Crippen molar-refractivity contribution < 1.29 is 4.74 Å². The predicted molar refractivity (Wildman–Crippen MR) is 51.2 cm³/mol. The van der Waals surface area contributed by atoms with Gasteiger partial charge < -0.3 is 4.74 Å². The van der Waals surface area contributed by atoms with Crippen molar-refractivity contribution in [2.24, 2.45) is 4.99 Å². The Morgan fingerprint density at radius 2 is 2.36 bits per heavy atom. The first-order valence-corrected chi connectivity index (χ1v) is 4.43. The van der Waals surface area contributed by atoms with Crippen LogP contribution in [0.3, 0.4) is 0 Å². The summed E-state index contributed by atoms with van der Waals surface area (Å²) >= 11 is 1.57. The molecule has 0 aliphatic heterocycles. The fraction of sp³-hybridized carbons (Fsp3) is 0.500. The van der Waals surface area contributed by atoms with Crippen LogP contribution in [0.2, 0.25) is 0 Å². The van der Waals surface area contributed by atoms with Gasteiger partial charge in [-0.05, 0) is 13.2 Å². The van der Waals surface area contributed by atoms with Crippen LogP contribution in [0.4, 0.5) is 0 Å². The van der Waals surface area contributed by atoms with E-state index in [9.17, 15) is 0 Å². The highest BCUT2D eigenvalue weighted by Crippen LogP contribution is 2.07. The maximum atomic E-state index is 4.81. The molecular formula is C8H13NOS. The van der Waals surface area contributed by atoms with Crippen molar-refractivity contribution in [1.29, 1.82) is 0 Å². The van der Waals surface area contributed by atoms with Crippen molar-refractivity contribution in [3.05, 3.63) is 17.9 Å². The van der Waals surface area contributed by atoms with E-state index in [1.54, 1.807) is 18.9 Å². The third-order valence-corrected chi connectivity index (χ3v) is 1.94. The van der Waals surface area contributed by atoms with E-state index in [1.807, 2.05) is 13.2 Å². The average Bonchev–Trinajstić information content (AvgIpc) is 2.05. The lowest BCUT2D eigenvalue weighted by molar-refractivity contribution is 0.209. The molecule has 0 aromatic carbocycles. The summed E-state index contributed by atoms with van der Waals surface area (Å²) in [7, 11) is 1.62. The maximum absolute atomic E-state index is 4.81. The Hall–Kier alpha value is -0.500. The Bertz CT molecular complexity index is 192. The molecule has 0 rings (SSSR count). The minimum atomic E-state index is 0.398. The Morgan fingerprint density at radius 3 is 2.73 bits per heavy atom. The molecule has 0 spiro atoms. The Morgan fingerprint density at radius 1 is 1.73 bits per heavy atom. The van der Waals surface area contributed by atoms with Crippen LogP contribution in [0, 0.1) is 0 Å². The number of aliphatic imine (C=N–C) groups is 1. The molecule has 0 aromatic heterocycles. The van der Waals surface area contributed by atoms with Gasteiger partial charge in [0.1, 0.15) is 11.8 Å². The summed E-state index contributed by atoms with van der Waals surface area (Å²) in [6.45, 7) is 5.87. The average molecular weight is 171 g/mol. The highest BCUT2D eigenvalue weighted by molar-refractivity contribution is 8.13. The van der Waals surface area contributed by atoms with Crippen molar-refractivity contribution in [3.8, 4) is 0 Å². The number of thioether (sulfide) groups is 1. The lowest BCUT2D eigenvalue weighted by Crippen LogP contribution is -1.95. The topological polar surface area (TPSA) is 21.6 Å². The summed E-state index contributed by atoms with van der Waals surface area (Å²) in [5, 5.41) is 0.932. The molecule has 0 saturated carbocycles. The fourth-order valence-electron chi connectivity index (χ4n) is 0.535. The van der Waals surface area contributed by atoms with Gasteiger partial charge in [-0.1, -0.05) is 6.58 Å². The molecule has 0 saturated heterocycles. The molecule has 62 valence electrons. The molecule has 3 heteroatoms. The SMILES string of the molecule is C=C=C(C)/C(=N/COC)SC. The molecular weight excluding hydrogens is 158 g/mol. The van der Waals surface area contributed by atoms with Crippen molar-refractivity contribution in [2.45, 2.75) is 6.92 Å². The molecule has 0 aromatic rings. The number of rotatable bonds is 3. The molecule has 0 unspecified atom stereocenters. The van der Waals surface area contributed by atoms with Crippen molar-refractivity contribution >= 4 is 16.8 Å². The van der Waals surface area contributed by atoms with Crippen LogP contribution < -0.4 is 0 Å². The van der Waals surface area contributed by atoms with E-state index in [-0.39, 0.29) is 0 Å². The van der Waals surface area contributed by atoms with Gasteiger partial charge in [0.25, 0.3) is 0 Å². The third-order valence-electron chi connectivity index (χ3n) is 1.12. The van der Waals surface area contributed by atoms with E-state index in [4.69, 9.17) is 4.74 Å². The summed E-state index contributed by atoms with van der Waals surface area (Å²) < 4.78 is 4.81. The van der Waals surface area contributed by atoms with Crippen LogP contribution in [0.1, 0.15) is 6.92 Å². The zero-order chi connectivity index (χ0) is 8.69. The molecule has 0 fully saturated rings. The second-order valence-electron chi connectivity index (χ2n) is 1.89. The van der Waals surface area contributed by atoms with Crippen molar-refractivity contribution in [2.75, 3.05) is 20.1 Å². The van der Waals surface area contributed by atoms with Gasteiger partial charge >= 0.3 is 0 Å². The van der Waals surface area contributed by atoms with E-state index >= 15 is 0 Å². The van der Waals surface area contributed by atoms with Crippen molar-refractivity contribution in [1.82, 2.24) is 0 Å². The molecule has 0 heterocycles. The second-order valence-corrected chi connectivity index (χ2v) is 2.68. The number of ether oxygens (including phenoxy) is 1. The largest absolute Gasteiger partial charge is 0.363 e. The number of hydrogen-bond donors (Lipinski definition) is 0. The molecule has 11 heavy (non-hydrogen) atoms. The van der Waals surface area contributed by atoms with Gasteiger partial charge in [0, 0.05) is 12.7 Å². The van der Waals surface area contributed by atoms with Crippen LogP contribution in [0.15, 0.2) is 22.9 Å². The van der Waals surface area contributed by atoms with E-state index in [0.29, 0.717) is 6.73 Å². The number of nitrogens with zero attached hydrogens (tertiary/aromatic N) is 1. The zero-order valence-corrected chi connectivity index (χ0v) is 7.99. The Labute approximate surface area is 72.0 Å². The van der Waals surface area contributed by atoms with Crippen LogP contribution in [-0.4, -0.2) is 25.1 Å². The van der Waals surface area contributed by atoms with E-state index in [1.165, 1.54) is 0 Å². The predicted octanol–water partition coefficient (Wildman–Crippen LogP) is 2.08. The van der Waals surface area contributed by atoms with Gasteiger partial charge in [0.05, 0.1) is 0 Å². The molecule has 0 atom stereocenters. The van der Waals surface area contributed by atoms with Crippen LogP contribution >= 0.6 is 11.8 Å². The summed E-state index contributed by atoms with van der Waals surface area (Å²) in [4.78, 5) is 4.15. The summed E-state index contributed by atoms with van der Waals surface area (Å²) in [6, 6.07) is 0. The van der Waals surface area contributed by atoms with Gasteiger partial charge in [-0.2, -0.15) is 0 Å². The van der Waals surface area contributed by atoms with Gasteiger partial charge in [0.2, 0.25) is 0 Å². The molecule has 0 bridgehead atoms. The molecule has 0 aliphatic rings. The lowest BCUT2D eigenvalue weighted by Gasteiger charge is -1.99. The number of hydrogen-bond acceptors (Lipinski definition) is 3. The van der Waals surface area contributed by atoms with Crippen LogP contribution in [0.25, 0.3) is 0 Å². The highest BCUT2D eigenvalue weighted by Gasteiger charge is 1.96. The summed E-state index contributed by atoms with van der Waals surface area (Å²) in [6.07, 6.45) is 1.97. The summed E-state index contributed by atoms with van der Waals surface area (Å²) in [5.41, 5.74) is 3.75. The zero-order valence-electron chi connectivity index (χ0n) is 7.18. The molecule has 0 radical (unpaired) electrons. The van der Waals surface area contributed by atoms with Gasteiger partial charge in [-0.25, -0.2) is 4.99 Å². The standard InChI is InChI=1S/C8H13NOS/c1-5-7(2)8(11-4)9-6-10-3/h1,6H2,2-4H3/b9-8-. The number of methoxy groups -OCH3 is 1. The van der Waals surface area contributed by atoms with Gasteiger partial charge in [-0.3, -0.25) is 0 Å². The minimum absolute atomic E-state index is 0.398. The third kappa shape index (κ3) is 4.04. The van der Waals surface area contributed by atoms with Gasteiger partial charge in [0.15, 0.2) is 0 Å². The first-order chi connectivity index (χ1) is 5.26. The lowest BCUT2D eigenvalue weighted by atomic mass is 10.4. The van der Waals surface area contributed by atoms with Crippen LogP contribution in [-0.2, 0) is 4.74 Å². The highest BCUT2D eigenvalue weighted by atomic mass is 32.2. The molecule has 0 N–H and O–H groups in total. The first kappa shape index (κ1) is 10.5. The molecule has 0 amide bonds. The summed E-state index contributed by atoms with van der Waals surface area (Å²) in [5.74, 6) is 0. The second kappa shape index (κ2) is 6.23. The maximum Gasteiger partial charge on any atom is 0.138 e. The van der Waals surface area contributed by atoms with Crippen LogP contribution in [0.5, 0.6) is 0 Å². The Balaban J connectivity index is 4.27. The first-order valence-electron chi connectivity index (χ1n) is 3.20. The smallest absolute Gasteiger partial charge is 0.138 e. The molecule has 2 nitrogen and oxygen atoms in total. The minimum Gasteiger partial charge on any atom is -0.363 e. The normalized spacial score (nSPS) is 11.0. The molecule has 0 aliphatic carbocycles. The van der Waals surface area contributed by atoms with Gasteiger partial charge in [-0.15, -0.1) is 17.5 Å². The van der Waals surface area contributed by atoms with E-state index in [2.05, 4.69) is 17.3 Å². The fourth-order valence-corrected chi connectivity index (χ4v) is 1.10. The quantitative estimate of drug-likeness (QED) is 0.368.